The lowest BCUT2D eigenvalue weighted by Gasteiger charge is -2.28. The molecule has 2 N–H and O–H groups in total. The molecule has 2 aromatic carbocycles. The van der Waals surface area contributed by atoms with Crippen LogP contribution in [0.3, 0.4) is 0 Å². The Hall–Kier alpha value is -2.61. The second-order valence-electron chi connectivity index (χ2n) is 7.13. The van der Waals surface area contributed by atoms with Gasteiger partial charge in [-0.25, -0.2) is 4.39 Å². The first-order valence-corrected chi connectivity index (χ1v) is 10.4. The van der Waals surface area contributed by atoms with Crippen LogP contribution in [-0.2, 0) is 24.3 Å². The third-order valence-corrected chi connectivity index (χ3v) is 6.16. The SMILES string of the molecule is NC(=O)c1c(-c2ccc(Cl)c(F)c2)nn2c1CN(C(=O)Cc1ccc(Cl)c(Cl)c1)CC2. The molecule has 2 heterocycles. The highest BCUT2D eigenvalue weighted by molar-refractivity contribution is 6.42. The zero-order valence-electron chi connectivity index (χ0n) is 16.0. The molecule has 0 radical (unpaired) electrons. The summed E-state index contributed by atoms with van der Waals surface area (Å²) in [7, 11) is 0. The average molecular weight is 482 g/mol. The smallest absolute Gasteiger partial charge is 0.252 e. The van der Waals surface area contributed by atoms with Gasteiger partial charge in [0.15, 0.2) is 0 Å². The quantitative estimate of drug-likeness (QED) is 0.602. The standard InChI is InChI=1S/C21H16Cl3FN4O2/c22-13-3-1-11(7-15(13)24)8-18(30)28-5-6-29-17(10-28)19(21(26)31)20(27-29)12-2-4-14(23)16(25)9-12/h1-4,7,9H,5-6,8,10H2,(H2,26,31). The molecule has 0 fully saturated rings. The highest BCUT2D eigenvalue weighted by Gasteiger charge is 2.29. The first-order valence-electron chi connectivity index (χ1n) is 9.31. The molecule has 0 spiro atoms. The van der Waals surface area contributed by atoms with Crippen molar-refractivity contribution in [1.82, 2.24) is 14.7 Å². The van der Waals surface area contributed by atoms with Crippen LogP contribution in [0.1, 0.15) is 21.6 Å². The van der Waals surface area contributed by atoms with Gasteiger partial charge in [-0.05, 0) is 29.8 Å². The van der Waals surface area contributed by atoms with Gasteiger partial charge < -0.3 is 10.6 Å². The number of nitrogens with zero attached hydrogens (tertiary/aromatic N) is 3. The molecule has 0 unspecified atom stereocenters. The van der Waals surface area contributed by atoms with Crippen molar-refractivity contribution in [2.75, 3.05) is 6.54 Å². The number of amides is 2. The molecule has 0 saturated heterocycles. The number of benzene rings is 2. The Morgan fingerprint density at radius 2 is 1.77 bits per heavy atom. The van der Waals surface area contributed by atoms with E-state index in [1.54, 1.807) is 33.8 Å². The van der Waals surface area contributed by atoms with Gasteiger partial charge in [-0.2, -0.15) is 5.10 Å². The van der Waals surface area contributed by atoms with E-state index in [0.29, 0.717) is 34.4 Å². The Kier molecular flexibility index (Phi) is 5.92. The third-order valence-electron chi connectivity index (χ3n) is 5.11. The fourth-order valence-electron chi connectivity index (χ4n) is 3.57. The minimum Gasteiger partial charge on any atom is -0.365 e. The van der Waals surface area contributed by atoms with Crippen LogP contribution in [0.15, 0.2) is 36.4 Å². The summed E-state index contributed by atoms with van der Waals surface area (Å²) < 4.78 is 15.6. The molecule has 0 aliphatic carbocycles. The van der Waals surface area contributed by atoms with Crippen LogP contribution in [0, 0.1) is 5.82 Å². The molecule has 1 aliphatic heterocycles. The molecule has 160 valence electrons. The van der Waals surface area contributed by atoms with Crippen LogP contribution in [0.5, 0.6) is 0 Å². The summed E-state index contributed by atoms with van der Waals surface area (Å²) in [5.41, 5.74) is 7.66. The Bertz CT molecular complexity index is 1210. The van der Waals surface area contributed by atoms with Gasteiger partial charge in [-0.3, -0.25) is 14.3 Å². The van der Waals surface area contributed by atoms with Gasteiger partial charge in [0.05, 0.1) is 45.8 Å². The molecule has 6 nitrogen and oxygen atoms in total. The second-order valence-corrected chi connectivity index (χ2v) is 8.35. The minimum absolute atomic E-state index is 0.0348. The lowest BCUT2D eigenvalue weighted by atomic mass is 10.0. The monoisotopic (exact) mass is 480 g/mol. The fourth-order valence-corrected chi connectivity index (χ4v) is 4.01. The van der Waals surface area contributed by atoms with Crippen LogP contribution >= 0.6 is 34.8 Å². The van der Waals surface area contributed by atoms with E-state index in [-0.39, 0.29) is 35.2 Å². The first kappa shape index (κ1) is 21.6. The summed E-state index contributed by atoms with van der Waals surface area (Å²) >= 11 is 17.7. The lowest BCUT2D eigenvalue weighted by Crippen LogP contribution is -2.40. The molecule has 0 saturated carbocycles. The first-order chi connectivity index (χ1) is 14.7. The number of halogens is 4. The van der Waals surface area contributed by atoms with Crippen molar-refractivity contribution in [2.45, 2.75) is 19.5 Å². The van der Waals surface area contributed by atoms with E-state index < -0.39 is 11.7 Å². The Morgan fingerprint density at radius 1 is 1.03 bits per heavy atom. The van der Waals surface area contributed by atoms with Crippen LogP contribution in [-0.4, -0.2) is 33.0 Å². The number of fused-ring (bicyclic) bond motifs is 1. The number of aromatic nitrogens is 2. The van der Waals surface area contributed by atoms with E-state index in [9.17, 15) is 14.0 Å². The van der Waals surface area contributed by atoms with Crippen LogP contribution in [0.4, 0.5) is 4.39 Å². The Labute approximate surface area is 192 Å². The third kappa shape index (κ3) is 4.26. The Balaban J connectivity index is 1.63. The van der Waals surface area contributed by atoms with Gasteiger partial charge >= 0.3 is 0 Å². The molecule has 10 heteroatoms. The maximum absolute atomic E-state index is 14.0. The van der Waals surface area contributed by atoms with Crippen LogP contribution < -0.4 is 5.73 Å². The molecular formula is C21H16Cl3FN4O2. The van der Waals surface area contributed by atoms with Gasteiger partial charge in [-0.15, -0.1) is 0 Å². The summed E-state index contributed by atoms with van der Waals surface area (Å²) in [6.07, 6.45) is 0.131. The minimum atomic E-state index is -0.703. The zero-order valence-corrected chi connectivity index (χ0v) is 18.3. The molecule has 1 aliphatic rings. The van der Waals surface area contributed by atoms with Crippen molar-refractivity contribution >= 4 is 46.6 Å². The van der Waals surface area contributed by atoms with Crippen molar-refractivity contribution in [3.63, 3.8) is 0 Å². The molecule has 3 aromatic rings. The fraction of sp³-hybridized carbons (Fsp3) is 0.190. The predicted molar refractivity (Wildman–Crippen MR) is 117 cm³/mol. The van der Waals surface area contributed by atoms with E-state index in [1.807, 2.05) is 0 Å². The largest absolute Gasteiger partial charge is 0.365 e. The normalized spacial score (nSPS) is 13.2. The maximum atomic E-state index is 14.0. The van der Waals surface area contributed by atoms with Gasteiger partial charge in [0, 0.05) is 12.1 Å². The van der Waals surface area contributed by atoms with E-state index >= 15 is 0 Å². The van der Waals surface area contributed by atoms with Crippen molar-refractivity contribution in [1.29, 1.82) is 0 Å². The molecule has 0 bridgehead atoms. The number of carbonyl (C=O) groups is 2. The molecule has 0 atom stereocenters. The van der Waals surface area contributed by atoms with Crippen molar-refractivity contribution < 1.29 is 14.0 Å². The number of hydrogen-bond donors (Lipinski definition) is 1. The maximum Gasteiger partial charge on any atom is 0.252 e. The summed E-state index contributed by atoms with van der Waals surface area (Å²) in [5.74, 6) is -1.47. The number of carbonyl (C=O) groups excluding carboxylic acids is 2. The summed E-state index contributed by atoms with van der Waals surface area (Å²) in [6.45, 7) is 0.932. The van der Waals surface area contributed by atoms with Crippen LogP contribution in [0.2, 0.25) is 15.1 Å². The van der Waals surface area contributed by atoms with E-state index in [0.717, 1.165) is 5.56 Å². The van der Waals surface area contributed by atoms with E-state index in [1.165, 1.54) is 12.1 Å². The number of rotatable bonds is 4. The topological polar surface area (TPSA) is 81.2 Å². The lowest BCUT2D eigenvalue weighted by molar-refractivity contribution is -0.132. The van der Waals surface area contributed by atoms with Crippen molar-refractivity contribution in [2.24, 2.45) is 5.73 Å². The zero-order chi connectivity index (χ0) is 22.3. The molecule has 4 rings (SSSR count). The van der Waals surface area contributed by atoms with Gasteiger partial charge in [0.2, 0.25) is 5.91 Å². The predicted octanol–water partition coefficient (Wildman–Crippen LogP) is 4.33. The van der Waals surface area contributed by atoms with Crippen LogP contribution in [0.25, 0.3) is 11.3 Å². The summed E-state index contributed by atoms with van der Waals surface area (Å²) in [5, 5.41) is 5.20. The average Bonchev–Trinajstić information content (AvgIpc) is 3.11. The van der Waals surface area contributed by atoms with Crippen molar-refractivity contribution in [3.8, 4) is 11.3 Å². The second kappa shape index (κ2) is 8.49. The van der Waals surface area contributed by atoms with Gasteiger partial charge in [-0.1, -0.05) is 46.9 Å². The number of hydrogen-bond acceptors (Lipinski definition) is 3. The highest BCUT2D eigenvalue weighted by Crippen LogP contribution is 2.30. The van der Waals surface area contributed by atoms with Gasteiger partial charge in [0.25, 0.3) is 5.91 Å². The summed E-state index contributed by atoms with van der Waals surface area (Å²) in [6, 6.07) is 9.19. The molecular weight excluding hydrogens is 466 g/mol. The number of nitrogens with two attached hydrogens (primary N) is 1. The molecule has 1 aromatic heterocycles. The molecule has 31 heavy (non-hydrogen) atoms. The molecule has 2 amide bonds. The van der Waals surface area contributed by atoms with Crippen molar-refractivity contribution in [3.05, 3.63) is 74.1 Å². The highest BCUT2D eigenvalue weighted by atomic mass is 35.5. The summed E-state index contributed by atoms with van der Waals surface area (Å²) in [4.78, 5) is 26.7. The Morgan fingerprint density at radius 3 is 2.45 bits per heavy atom. The number of primary amides is 1. The van der Waals surface area contributed by atoms with E-state index in [4.69, 9.17) is 40.5 Å². The van der Waals surface area contributed by atoms with Gasteiger partial charge in [0.1, 0.15) is 11.5 Å². The van der Waals surface area contributed by atoms with E-state index in [2.05, 4.69) is 5.10 Å².